The normalized spacial score (nSPS) is 10.8. The van der Waals surface area contributed by atoms with E-state index >= 15 is 0 Å². The third kappa shape index (κ3) is 2.49. The van der Waals surface area contributed by atoms with Crippen molar-refractivity contribution in [1.82, 2.24) is 4.98 Å². The largest absolute Gasteiger partial charge is 0.508 e. The van der Waals surface area contributed by atoms with Crippen LogP contribution in [-0.4, -0.2) is 15.2 Å². The van der Waals surface area contributed by atoms with Crippen LogP contribution >= 0.6 is 0 Å². The lowest BCUT2D eigenvalue weighted by molar-refractivity contribution is 0.451. The minimum absolute atomic E-state index is 0.0704. The van der Waals surface area contributed by atoms with Crippen LogP contribution in [0.15, 0.2) is 51.6 Å². The molecule has 0 aliphatic rings. The second-order valence-electron chi connectivity index (χ2n) is 3.26. The molecule has 86 valence electrons. The number of aromatic hydroxyl groups is 2. The molecule has 0 spiro atoms. The lowest BCUT2D eigenvalue weighted by atomic mass is 10.3. The van der Waals surface area contributed by atoms with Gasteiger partial charge in [-0.3, -0.25) is 4.79 Å². The Hall–Kier alpha value is -2.63. The Morgan fingerprint density at radius 1 is 1.06 bits per heavy atom. The van der Waals surface area contributed by atoms with Crippen LogP contribution in [0.25, 0.3) is 0 Å². The molecule has 2 rings (SSSR count). The molecule has 0 saturated carbocycles. The van der Waals surface area contributed by atoms with Crippen molar-refractivity contribution in [2.75, 3.05) is 0 Å². The SMILES string of the molecule is O=c1[nH]cccc1N=Nc1ccc(O)cc1O. The number of benzene rings is 1. The third-order valence-corrected chi connectivity index (χ3v) is 2.02. The molecule has 17 heavy (non-hydrogen) atoms. The molecule has 2 aromatic rings. The van der Waals surface area contributed by atoms with Crippen LogP contribution in [0.2, 0.25) is 0 Å². The number of phenolic OH excluding ortho intramolecular Hbond substituents is 2. The van der Waals surface area contributed by atoms with E-state index in [0.717, 1.165) is 6.07 Å². The van der Waals surface area contributed by atoms with E-state index in [2.05, 4.69) is 15.2 Å². The molecule has 0 amide bonds. The molecule has 0 unspecified atom stereocenters. The zero-order valence-electron chi connectivity index (χ0n) is 8.66. The van der Waals surface area contributed by atoms with Crippen molar-refractivity contribution < 1.29 is 10.2 Å². The van der Waals surface area contributed by atoms with Gasteiger partial charge in [0.15, 0.2) is 5.69 Å². The number of aromatic nitrogens is 1. The first kappa shape index (κ1) is 10.9. The van der Waals surface area contributed by atoms with Crippen molar-refractivity contribution in [3.8, 4) is 11.5 Å². The molecular weight excluding hydrogens is 222 g/mol. The number of rotatable bonds is 2. The summed E-state index contributed by atoms with van der Waals surface area (Å²) in [5.74, 6) is -0.278. The van der Waals surface area contributed by atoms with Gasteiger partial charge in [-0.1, -0.05) is 0 Å². The van der Waals surface area contributed by atoms with Crippen molar-refractivity contribution in [2.45, 2.75) is 0 Å². The van der Waals surface area contributed by atoms with Crippen LogP contribution in [0.5, 0.6) is 11.5 Å². The first-order chi connectivity index (χ1) is 8.16. The Morgan fingerprint density at radius 3 is 2.53 bits per heavy atom. The summed E-state index contributed by atoms with van der Waals surface area (Å²) in [5.41, 5.74) is -0.0550. The smallest absolute Gasteiger partial charge is 0.275 e. The summed E-state index contributed by atoms with van der Waals surface area (Å²) in [6, 6.07) is 7.02. The first-order valence-corrected chi connectivity index (χ1v) is 4.78. The average molecular weight is 231 g/mol. The van der Waals surface area contributed by atoms with Gasteiger partial charge in [-0.15, -0.1) is 10.2 Å². The summed E-state index contributed by atoms with van der Waals surface area (Å²) in [4.78, 5) is 13.7. The van der Waals surface area contributed by atoms with E-state index in [1.54, 1.807) is 6.07 Å². The van der Waals surface area contributed by atoms with Crippen LogP contribution in [0.4, 0.5) is 11.4 Å². The van der Waals surface area contributed by atoms with Crippen LogP contribution in [-0.2, 0) is 0 Å². The zero-order valence-corrected chi connectivity index (χ0v) is 8.66. The van der Waals surface area contributed by atoms with Gasteiger partial charge >= 0.3 is 0 Å². The molecule has 6 heteroatoms. The van der Waals surface area contributed by atoms with Crippen LogP contribution < -0.4 is 5.56 Å². The predicted molar refractivity (Wildman–Crippen MR) is 61.0 cm³/mol. The van der Waals surface area contributed by atoms with Gasteiger partial charge in [-0.05, 0) is 24.3 Å². The summed E-state index contributed by atoms with van der Waals surface area (Å²) in [7, 11) is 0. The molecule has 0 radical (unpaired) electrons. The van der Waals surface area contributed by atoms with Crippen molar-refractivity contribution in [2.24, 2.45) is 10.2 Å². The van der Waals surface area contributed by atoms with Crippen molar-refractivity contribution >= 4 is 11.4 Å². The molecule has 1 aromatic carbocycles. The Labute approximate surface area is 95.9 Å². The van der Waals surface area contributed by atoms with E-state index in [4.69, 9.17) is 5.11 Å². The van der Waals surface area contributed by atoms with Gasteiger partial charge in [0.05, 0.1) is 0 Å². The number of nitrogens with zero attached hydrogens (tertiary/aromatic N) is 2. The zero-order chi connectivity index (χ0) is 12.3. The molecular formula is C11H9N3O3. The van der Waals surface area contributed by atoms with E-state index in [1.807, 2.05) is 0 Å². The fourth-order valence-electron chi connectivity index (χ4n) is 1.20. The van der Waals surface area contributed by atoms with E-state index < -0.39 is 0 Å². The summed E-state index contributed by atoms with van der Waals surface area (Å²) in [5, 5.41) is 25.9. The maximum absolute atomic E-state index is 11.3. The summed E-state index contributed by atoms with van der Waals surface area (Å²) in [6.45, 7) is 0. The molecule has 0 aliphatic carbocycles. The van der Waals surface area contributed by atoms with E-state index in [0.29, 0.717) is 0 Å². The van der Waals surface area contributed by atoms with Crippen LogP contribution in [0.1, 0.15) is 0 Å². The molecule has 0 fully saturated rings. The lowest BCUT2D eigenvalue weighted by Gasteiger charge is -1.97. The summed E-state index contributed by atoms with van der Waals surface area (Å²) in [6.07, 6.45) is 1.49. The maximum Gasteiger partial charge on any atom is 0.275 e. The highest BCUT2D eigenvalue weighted by Gasteiger charge is 2.01. The number of hydrogen-bond acceptors (Lipinski definition) is 5. The standard InChI is InChI=1S/C11H9N3O3/c15-7-3-4-8(10(16)6-7)13-14-9-2-1-5-12-11(9)17/h1-6,15-16H,(H,12,17). The number of hydrogen-bond donors (Lipinski definition) is 3. The molecule has 1 heterocycles. The summed E-state index contributed by atoms with van der Waals surface area (Å²) >= 11 is 0. The van der Waals surface area contributed by atoms with Crippen molar-refractivity contribution in [3.05, 3.63) is 46.9 Å². The van der Waals surface area contributed by atoms with Gasteiger partial charge in [-0.25, -0.2) is 0 Å². The van der Waals surface area contributed by atoms with Crippen LogP contribution in [0, 0.1) is 0 Å². The molecule has 3 N–H and O–H groups in total. The number of azo groups is 1. The second-order valence-corrected chi connectivity index (χ2v) is 3.26. The van der Waals surface area contributed by atoms with E-state index in [1.165, 1.54) is 24.4 Å². The molecule has 0 atom stereocenters. The van der Waals surface area contributed by atoms with Crippen molar-refractivity contribution in [1.29, 1.82) is 0 Å². The quantitative estimate of drug-likeness (QED) is 0.691. The summed E-state index contributed by atoms with van der Waals surface area (Å²) < 4.78 is 0. The monoisotopic (exact) mass is 231 g/mol. The lowest BCUT2D eigenvalue weighted by Crippen LogP contribution is -2.01. The second kappa shape index (κ2) is 4.48. The number of H-pyrrole nitrogens is 1. The van der Waals surface area contributed by atoms with Gasteiger partial charge < -0.3 is 15.2 Å². The van der Waals surface area contributed by atoms with Gasteiger partial charge in [0.1, 0.15) is 17.2 Å². The highest BCUT2D eigenvalue weighted by atomic mass is 16.3. The molecule has 0 saturated heterocycles. The minimum Gasteiger partial charge on any atom is -0.508 e. The van der Waals surface area contributed by atoms with Gasteiger partial charge in [-0.2, -0.15) is 0 Å². The Bertz CT molecular complexity index is 619. The van der Waals surface area contributed by atoms with Crippen LogP contribution in [0.3, 0.4) is 0 Å². The van der Waals surface area contributed by atoms with E-state index in [9.17, 15) is 9.90 Å². The number of aromatic amines is 1. The fourth-order valence-corrected chi connectivity index (χ4v) is 1.20. The number of nitrogens with one attached hydrogen (secondary N) is 1. The number of phenols is 2. The molecule has 0 bridgehead atoms. The third-order valence-electron chi connectivity index (χ3n) is 2.02. The number of pyridine rings is 1. The van der Waals surface area contributed by atoms with Gasteiger partial charge in [0.25, 0.3) is 5.56 Å². The molecule has 1 aromatic heterocycles. The van der Waals surface area contributed by atoms with E-state index in [-0.39, 0.29) is 28.4 Å². The Kier molecular flexibility index (Phi) is 2.87. The highest BCUT2D eigenvalue weighted by Crippen LogP contribution is 2.30. The molecule has 6 nitrogen and oxygen atoms in total. The van der Waals surface area contributed by atoms with Gasteiger partial charge in [0.2, 0.25) is 0 Å². The first-order valence-electron chi connectivity index (χ1n) is 4.78. The maximum atomic E-state index is 11.3. The van der Waals surface area contributed by atoms with Crippen molar-refractivity contribution in [3.63, 3.8) is 0 Å². The minimum atomic E-state index is -0.366. The van der Waals surface area contributed by atoms with Gasteiger partial charge in [0, 0.05) is 12.3 Å². The highest BCUT2D eigenvalue weighted by molar-refractivity contribution is 5.53. The Balaban J connectivity index is 2.33. The topological polar surface area (TPSA) is 98.0 Å². The molecule has 0 aliphatic heterocycles. The Morgan fingerprint density at radius 2 is 1.82 bits per heavy atom. The average Bonchev–Trinajstić information content (AvgIpc) is 2.30. The predicted octanol–water partition coefficient (Wildman–Crippen LogP) is 2.20. The fraction of sp³-hybridized carbons (Fsp3) is 0.